The first-order valence-corrected chi connectivity index (χ1v) is 9.99. The van der Waals surface area contributed by atoms with Gasteiger partial charge in [-0.3, -0.25) is 14.5 Å². The number of anilines is 1. The van der Waals surface area contributed by atoms with Gasteiger partial charge in [0.1, 0.15) is 0 Å². The summed E-state index contributed by atoms with van der Waals surface area (Å²) in [4.78, 5) is 26.8. The van der Waals surface area contributed by atoms with Crippen LogP contribution in [0, 0.1) is 19.8 Å². The zero-order valence-electron chi connectivity index (χ0n) is 16.4. The predicted molar refractivity (Wildman–Crippen MR) is 106 cm³/mol. The Hall–Kier alpha value is -1.92. The van der Waals surface area contributed by atoms with E-state index in [1.165, 1.54) is 0 Å². The van der Waals surface area contributed by atoms with Crippen LogP contribution in [0.5, 0.6) is 0 Å². The summed E-state index contributed by atoms with van der Waals surface area (Å²) in [6.45, 7) is 7.41. The maximum atomic E-state index is 12.3. The summed E-state index contributed by atoms with van der Waals surface area (Å²) in [5.74, 6) is 0.177. The maximum Gasteiger partial charge on any atom is 0.238 e. The Morgan fingerprint density at radius 3 is 2.44 bits per heavy atom. The Morgan fingerprint density at radius 1 is 1.11 bits per heavy atom. The van der Waals surface area contributed by atoms with Crippen LogP contribution in [0.15, 0.2) is 18.2 Å². The molecule has 27 heavy (non-hydrogen) atoms. The van der Waals surface area contributed by atoms with Crippen molar-refractivity contribution in [1.82, 2.24) is 10.2 Å². The van der Waals surface area contributed by atoms with Gasteiger partial charge < -0.3 is 15.4 Å². The molecular weight excluding hydrogens is 342 g/mol. The van der Waals surface area contributed by atoms with Crippen LogP contribution in [0.1, 0.15) is 36.8 Å². The van der Waals surface area contributed by atoms with Crippen LogP contribution in [-0.2, 0) is 14.3 Å². The number of ether oxygens (including phenoxy) is 1. The van der Waals surface area contributed by atoms with Gasteiger partial charge in [-0.05, 0) is 75.9 Å². The molecule has 6 nitrogen and oxygen atoms in total. The van der Waals surface area contributed by atoms with Crippen molar-refractivity contribution in [3.63, 3.8) is 0 Å². The van der Waals surface area contributed by atoms with E-state index in [1.54, 1.807) is 0 Å². The molecule has 3 rings (SSSR count). The lowest BCUT2D eigenvalue weighted by Gasteiger charge is -2.31. The number of aryl methyl sites for hydroxylation is 2. The van der Waals surface area contributed by atoms with Gasteiger partial charge in [0.05, 0.1) is 12.6 Å². The molecule has 2 amide bonds. The molecule has 2 saturated heterocycles. The highest BCUT2D eigenvalue weighted by Gasteiger charge is 2.26. The number of rotatable bonds is 6. The van der Waals surface area contributed by atoms with Crippen molar-refractivity contribution in [2.24, 2.45) is 5.92 Å². The van der Waals surface area contributed by atoms with Crippen LogP contribution in [-0.4, -0.2) is 55.6 Å². The number of nitrogens with one attached hydrogen (secondary N) is 2. The minimum Gasteiger partial charge on any atom is -0.376 e. The summed E-state index contributed by atoms with van der Waals surface area (Å²) in [5, 5.41) is 6.01. The van der Waals surface area contributed by atoms with Crippen LogP contribution >= 0.6 is 0 Å². The minimum absolute atomic E-state index is 0.00119. The van der Waals surface area contributed by atoms with Gasteiger partial charge in [0.15, 0.2) is 0 Å². The number of carbonyl (C=O) groups excluding carboxylic acids is 2. The summed E-state index contributed by atoms with van der Waals surface area (Å²) >= 11 is 0. The summed E-state index contributed by atoms with van der Waals surface area (Å²) in [5.41, 5.74) is 3.13. The average molecular weight is 373 g/mol. The van der Waals surface area contributed by atoms with Crippen molar-refractivity contribution in [1.29, 1.82) is 0 Å². The van der Waals surface area contributed by atoms with E-state index in [0.717, 1.165) is 62.2 Å². The van der Waals surface area contributed by atoms with E-state index in [4.69, 9.17) is 4.74 Å². The largest absolute Gasteiger partial charge is 0.376 e. The number of benzene rings is 1. The van der Waals surface area contributed by atoms with Gasteiger partial charge in [-0.2, -0.15) is 0 Å². The van der Waals surface area contributed by atoms with E-state index in [9.17, 15) is 9.59 Å². The van der Waals surface area contributed by atoms with Gasteiger partial charge in [-0.25, -0.2) is 0 Å². The number of amides is 2. The quantitative estimate of drug-likeness (QED) is 0.802. The summed E-state index contributed by atoms with van der Waals surface area (Å²) < 4.78 is 5.55. The van der Waals surface area contributed by atoms with Crippen molar-refractivity contribution in [3.8, 4) is 0 Å². The van der Waals surface area contributed by atoms with Crippen molar-refractivity contribution in [2.45, 2.75) is 45.6 Å². The molecule has 6 heteroatoms. The highest BCUT2D eigenvalue weighted by Crippen LogP contribution is 2.19. The first-order valence-electron chi connectivity index (χ1n) is 9.99. The Balaban J connectivity index is 1.38. The molecule has 148 valence electrons. The van der Waals surface area contributed by atoms with E-state index in [1.807, 2.05) is 26.0 Å². The minimum atomic E-state index is 0.00119. The molecule has 0 saturated carbocycles. The third-order valence-electron chi connectivity index (χ3n) is 5.36. The Kier molecular flexibility index (Phi) is 6.85. The number of hydrogen-bond donors (Lipinski definition) is 2. The smallest absolute Gasteiger partial charge is 0.238 e. The number of likely N-dealkylation sites (tertiary alicyclic amines) is 1. The van der Waals surface area contributed by atoms with Crippen LogP contribution in [0.4, 0.5) is 5.69 Å². The number of carbonyl (C=O) groups is 2. The first kappa shape index (κ1) is 19.8. The molecule has 0 unspecified atom stereocenters. The highest BCUT2D eigenvalue weighted by molar-refractivity contribution is 5.92. The number of nitrogens with zero attached hydrogens (tertiary/aromatic N) is 1. The monoisotopic (exact) mass is 373 g/mol. The van der Waals surface area contributed by atoms with Crippen molar-refractivity contribution >= 4 is 17.5 Å². The zero-order chi connectivity index (χ0) is 19.2. The predicted octanol–water partition coefficient (Wildman–Crippen LogP) is 2.25. The molecule has 0 aliphatic carbocycles. The molecule has 2 aliphatic heterocycles. The van der Waals surface area contributed by atoms with Crippen LogP contribution in [0.25, 0.3) is 0 Å². The van der Waals surface area contributed by atoms with Crippen molar-refractivity contribution in [2.75, 3.05) is 38.1 Å². The van der Waals surface area contributed by atoms with E-state index >= 15 is 0 Å². The van der Waals surface area contributed by atoms with Gasteiger partial charge in [-0.15, -0.1) is 0 Å². The molecule has 2 N–H and O–H groups in total. The number of hydrogen-bond acceptors (Lipinski definition) is 4. The van der Waals surface area contributed by atoms with Crippen molar-refractivity contribution < 1.29 is 14.3 Å². The standard InChI is InChI=1S/C21H31N3O3/c1-15-10-16(2)12-18(11-15)23-20(25)14-24-7-5-17(6-8-24)21(26)22-13-19-4-3-9-27-19/h10-12,17,19H,3-9,13-14H2,1-2H3,(H,22,26)(H,23,25)/t19-/m0/s1. The fraction of sp³-hybridized carbons (Fsp3) is 0.619. The Morgan fingerprint density at radius 2 is 1.81 bits per heavy atom. The number of piperidine rings is 1. The summed E-state index contributed by atoms with van der Waals surface area (Å²) in [6.07, 6.45) is 3.91. The third kappa shape index (κ3) is 6.04. The molecule has 0 spiro atoms. The van der Waals surface area contributed by atoms with Gasteiger partial charge >= 0.3 is 0 Å². The lowest BCUT2D eigenvalue weighted by Crippen LogP contribution is -2.44. The van der Waals surface area contributed by atoms with E-state index in [0.29, 0.717) is 13.1 Å². The molecule has 0 aromatic heterocycles. The molecular formula is C21H31N3O3. The summed E-state index contributed by atoms with van der Waals surface area (Å²) in [7, 11) is 0. The molecule has 1 aromatic carbocycles. The SMILES string of the molecule is Cc1cc(C)cc(NC(=O)CN2CCC(C(=O)NC[C@@H]3CCCO3)CC2)c1. The van der Waals surface area contributed by atoms with Crippen LogP contribution < -0.4 is 10.6 Å². The lowest BCUT2D eigenvalue weighted by molar-refractivity contribution is -0.127. The van der Waals surface area contributed by atoms with Gasteiger partial charge in [0.25, 0.3) is 0 Å². The van der Waals surface area contributed by atoms with E-state index in [-0.39, 0.29) is 23.8 Å². The molecule has 2 heterocycles. The van der Waals surface area contributed by atoms with Crippen LogP contribution in [0.2, 0.25) is 0 Å². The van der Waals surface area contributed by atoms with E-state index in [2.05, 4.69) is 21.6 Å². The van der Waals surface area contributed by atoms with Crippen molar-refractivity contribution in [3.05, 3.63) is 29.3 Å². The Bertz CT molecular complexity index is 642. The molecule has 0 bridgehead atoms. The molecule has 0 radical (unpaired) electrons. The second-order valence-corrected chi connectivity index (χ2v) is 7.86. The van der Waals surface area contributed by atoms with Gasteiger partial charge in [-0.1, -0.05) is 6.07 Å². The molecule has 1 atom stereocenters. The van der Waals surface area contributed by atoms with E-state index < -0.39 is 0 Å². The zero-order valence-corrected chi connectivity index (χ0v) is 16.4. The average Bonchev–Trinajstić information content (AvgIpc) is 3.13. The molecule has 1 aromatic rings. The fourth-order valence-electron chi connectivity index (χ4n) is 3.97. The summed E-state index contributed by atoms with van der Waals surface area (Å²) in [6, 6.07) is 6.05. The topological polar surface area (TPSA) is 70.7 Å². The third-order valence-corrected chi connectivity index (χ3v) is 5.36. The van der Waals surface area contributed by atoms with Gasteiger partial charge in [0.2, 0.25) is 11.8 Å². The Labute approximate surface area is 161 Å². The molecule has 2 fully saturated rings. The fourth-order valence-corrected chi connectivity index (χ4v) is 3.97. The van der Waals surface area contributed by atoms with Crippen LogP contribution in [0.3, 0.4) is 0 Å². The normalized spacial score (nSPS) is 21.2. The maximum absolute atomic E-state index is 12.3. The highest BCUT2D eigenvalue weighted by atomic mass is 16.5. The molecule has 2 aliphatic rings. The second kappa shape index (κ2) is 9.33. The second-order valence-electron chi connectivity index (χ2n) is 7.86. The lowest BCUT2D eigenvalue weighted by atomic mass is 9.96. The first-order chi connectivity index (χ1) is 13.0. The van der Waals surface area contributed by atoms with Gasteiger partial charge in [0, 0.05) is 24.8 Å².